The van der Waals surface area contributed by atoms with Gasteiger partial charge >= 0.3 is 6.18 Å². The third-order valence-electron chi connectivity index (χ3n) is 4.74. The minimum absolute atomic E-state index is 0.316. The van der Waals surface area contributed by atoms with Crippen LogP contribution in [0.2, 0.25) is 0 Å². The Kier molecular flexibility index (Phi) is 5.71. The fraction of sp³-hybridized carbons (Fsp3) is 0.400. The number of halogens is 3. The molecule has 0 aliphatic carbocycles. The summed E-state index contributed by atoms with van der Waals surface area (Å²) in [7, 11) is 1.64. The number of methoxy groups -OCH3 is 1. The smallest absolute Gasteiger partial charge is 0.416 e. The van der Waals surface area contributed by atoms with E-state index in [1.54, 1.807) is 19.2 Å². The molecule has 1 N–H and O–H groups in total. The van der Waals surface area contributed by atoms with Gasteiger partial charge in [-0.05, 0) is 36.6 Å². The molecule has 0 spiro atoms. The predicted octanol–water partition coefficient (Wildman–Crippen LogP) is 4.79. The van der Waals surface area contributed by atoms with Crippen molar-refractivity contribution in [3.8, 4) is 5.75 Å². The molecule has 0 amide bonds. The average Bonchev–Trinajstić information content (AvgIpc) is 2.63. The van der Waals surface area contributed by atoms with Gasteiger partial charge in [0, 0.05) is 37.4 Å². The van der Waals surface area contributed by atoms with E-state index in [4.69, 9.17) is 4.74 Å². The number of anilines is 1. The van der Waals surface area contributed by atoms with Crippen molar-refractivity contribution in [3.63, 3.8) is 0 Å². The molecule has 0 unspecified atom stereocenters. The van der Waals surface area contributed by atoms with E-state index in [0.29, 0.717) is 18.2 Å². The number of nitrogens with one attached hydrogen (secondary N) is 1. The minimum Gasteiger partial charge on any atom is -0.497 e. The monoisotopic (exact) mass is 364 g/mol. The van der Waals surface area contributed by atoms with Crippen LogP contribution in [0.25, 0.3) is 0 Å². The lowest BCUT2D eigenvalue weighted by atomic mass is 10.0. The van der Waals surface area contributed by atoms with Crippen LogP contribution in [-0.2, 0) is 12.7 Å². The van der Waals surface area contributed by atoms with Gasteiger partial charge in [0.25, 0.3) is 0 Å². The zero-order chi connectivity index (χ0) is 18.6. The summed E-state index contributed by atoms with van der Waals surface area (Å²) in [5.41, 5.74) is 0.820. The largest absolute Gasteiger partial charge is 0.497 e. The van der Waals surface area contributed by atoms with Gasteiger partial charge < -0.3 is 10.1 Å². The van der Waals surface area contributed by atoms with E-state index in [0.717, 1.165) is 43.4 Å². The Morgan fingerprint density at radius 1 is 1.08 bits per heavy atom. The van der Waals surface area contributed by atoms with E-state index in [1.165, 1.54) is 6.07 Å². The summed E-state index contributed by atoms with van der Waals surface area (Å²) in [5, 5.41) is 3.49. The molecular formula is C20H23F3N2O. The summed E-state index contributed by atoms with van der Waals surface area (Å²) in [6.07, 6.45) is -2.51. The zero-order valence-electron chi connectivity index (χ0n) is 14.7. The van der Waals surface area contributed by atoms with Crippen molar-refractivity contribution in [2.45, 2.75) is 31.6 Å². The Bertz CT molecular complexity index is 725. The van der Waals surface area contributed by atoms with Crippen molar-refractivity contribution >= 4 is 5.69 Å². The number of ether oxygens (including phenoxy) is 1. The van der Waals surface area contributed by atoms with Crippen LogP contribution < -0.4 is 10.1 Å². The highest BCUT2D eigenvalue weighted by atomic mass is 19.4. The van der Waals surface area contributed by atoms with E-state index in [-0.39, 0.29) is 0 Å². The first-order chi connectivity index (χ1) is 12.5. The maximum Gasteiger partial charge on any atom is 0.416 e. The third kappa shape index (κ3) is 4.69. The first-order valence-corrected chi connectivity index (χ1v) is 8.74. The van der Waals surface area contributed by atoms with Gasteiger partial charge in [0.1, 0.15) is 5.75 Å². The van der Waals surface area contributed by atoms with Crippen LogP contribution in [0.15, 0.2) is 48.5 Å². The Balaban J connectivity index is 1.56. The van der Waals surface area contributed by atoms with Crippen LogP contribution in [0, 0.1) is 0 Å². The van der Waals surface area contributed by atoms with Gasteiger partial charge in [-0.25, -0.2) is 0 Å². The van der Waals surface area contributed by atoms with Gasteiger partial charge in [-0.3, -0.25) is 4.90 Å². The molecule has 0 aromatic heterocycles. The van der Waals surface area contributed by atoms with Crippen molar-refractivity contribution < 1.29 is 17.9 Å². The molecule has 1 fully saturated rings. The number of benzene rings is 2. The highest BCUT2D eigenvalue weighted by Gasteiger charge is 2.33. The summed E-state index contributed by atoms with van der Waals surface area (Å²) < 4.78 is 44.6. The van der Waals surface area contributed by atoms with Gasteiger partial charge in [0.05, 0.1) is 12.7 Å². The van der Waals surface area contributed by atoms with E-state index in [1.807, 2.05) is 24.3 Å². The molecule has 0 atom stereocenters. The van der Waals surface area contributed by atoms with Gasteiger partial charge in [0.15, 0.2) is 0 Å². The first-order valence-electron chi connectivity index (χ1n) is 8.74. The van der Waals surface area contributed by atoms with Crippen LogP contribution in [0.4, 0.5) is 18.9 Å². The lowest BCUT2D eigenvalue weighted by molar-refractivity contribution is -0.138. The Morgan fingerprint density at radius 3 is 2.50 bits per heavy atom. The molecule has 26 heavy (non-hydrogen) atoms. The van der Waals surface area contributed by atoms with Crippen LogP contribution in [0.1, 0.15) is 24.0 Å². The van der Waals surface area contributed by atoms with Crippen LogP contribution in [0.5, 0.6) is 5.75 Å². The van der Waals surface area contributed by atoms with Crippen molar-refractivity contribution in [1.82, 2.24) is 4.90 Å². The molecule has 3 nitrogen and oxygen atoms in total. The van der Waals surface area contributed by atoms with Crippen molar-refractivity contribution in [1.29, 1.82) is 0 Å². The second kappa shape index (κ2) is 7.99. The Labute approximate surface area is 151 Å². The summed E-state index contributed by atoms with van der Waals surface area (Å²) >= 11 is 0. The van der Waals surface area contributed by atoms with Crippen LogP contribution >= 0.6 is 0 Å². The molecule has 140 valence electrons. The lowest BCUT2D eigenvalue weighted by Crippen LogP contribution is -2.39. The normalized spacial score (nSPS) is 16.5. The molecule has 0 radical (unpaired) electrons. The van der Waals surface area contributed by atoms with Gasteiger partial charge in [-0.2, -0.15) is 13.2 Å². The SMILES string of the molecule is COc1cccc(NC2CCN(Cc3ccccc3C(F)(F)F)CC2)c1. The molecule has 3 rings (SSSR count). The number of nitrogens with zero attached hydrogens (tertiary/aromatic N) is 1. The number of piperidine rings is 1. The summed E-state index contributed by atoms with van der Waals surface area (Å²) in [6.45, 7) is 1.88. The maximum atomic E-state index is 13.1. The van der Waals surface area contributed by atoms with Gasteiger partial charge in [0.2, 0.25) is 0 Å². The maximum absolute atomic E-state index is 13.1. The molecule has 1 saturated heterocycles. The van der Waals surface area contributed by atoms with Gasteiger partial charge in [-0.15, -0.1) is 0 Å². The van der Waals surface area contributed by atoms with Crippen LogP contribution in [-0.4, -0.2) is 31.1 Å². The molecule has 0 bridgehead atoms. The number of rotatable bonds is 5. The molecule has 6 heteroatoms. The van der Waals surface area contributed by atoms with Crippen LogP contribution in [0.3, 0.4) is 0 Å². The highest BCUT2D eigenvalue weighted by Crippen LogP contribution is 2.32. The summed E-state index contributed by atoms with van der Waals surface area (Å²) in [5.74, 6) is 0.802. The van der Waals surface area contributed by atoms with E-state index < -0.39 is 11.7 Å². The lowest BCUT2D eigenvalue weighted by Gasteiger charge is -2.33. The molecule has 2 aromatic carbocycles. The Morgan fingerprint density at radius 2 is 1.81 bits per heavy atom. The second-order valence-electron chi connectivity index (χ2n) is 6.58. The number of likely N-dealkylation sites (tertiary alicyclic amines) is 1. The summed E-state index contributed by atoms with van der Waals surface area (Å²) in [6, 6.07) is 13.9. The predicted molar refractivity (Wildman–Crippen MR) is 96.4 cm³/mol. The highest BCUT2D eigenvalue weighted by molar-refractivity contribution is 5.48. The molecular weight excluding hydrogens is 341 g/mol. The second-order valence-corrected chi connectivity index (χ2v) is 6.58. The fourth-order valence-corrected chi connectivity index (χ4v) is 3.36. The average molecular weight is 364 g/mol. The quantitative estimate of drug-likeness (QED) is 0.826. The number of alkyl halides is 3. The first kappa shape index (κ1) is 18.6. The standard InChI is InChI=1S/C20H23F3N2O/c1-26-18-7-4-6-17(13-18)24-16-9-11-25(12-10-16)14-15-5-2-3-8-19(15)20(21,22)23/h2-8,13,16,24H,9-12,14H2,1H3. The van der Waals surface area contributed by atoms with Crippen molar-refractivity contribution in [3.05, 3.63) is 59.7 Å². The van der Waals surface area contributed by atoms with E-state index >= 15 is 0 Å². The molecule has 2 aromatic rings. The van der Waals surface area contributed by atoms with Gasteiger partial charge in [-0.1, -0.05) is 24.3 Å². The summed E-state index contributed by atoms with van der Waals surface area (Å²) in [4.78, 5) is 2.09. The fourth-order valence-electron chi connectivity index (χ4n) is 3.36. The minimum atomic E-state index is -4.30. The van der Waals surface area contributed by atoms with E-state index in [9.17, 15) is 13.2 Å². The van der Waals surface area contributed by atoms with Crippen molar-refractivity contribution in [2.24, 2.45) is 0 Å². The topological polar surface area (TPSA) is 24.5 Å². The molecule has 1 aliphatic heterocycles. The zero-order valence-corrected chi connectivity index (χ0v) is 14.7. The molecule has 1 heterocycles. The molecule has 1 aliphatic rings. The Hall–Kier alpha value is -2.21. The number of hydrogen-bond donors (Lipinski definition) is 1. The number of hydrogen-bond acceptors (Lipinski definition) is 3. The molecule has 0 saturated carbocycles. The van der Waals surface area contributed by atoms with E-state index in [2.05, 4.69) is 10.2 Å². The van der Waals surface area contributed by atoms with Crippen molar-refractivity contribution in [2.75, 3.05) is 25.5 Å². The third-order valence-corrected chi connectivity index (χ3v) is 4.74.